The predicted molar refractivity (Wildman–Crippen MR) is 98.8 cm³/mol. The number of hydrogen-bond acceptors (Lipinski definition) is 3. The van der Waals surface area contributed by atoms with Crippen LogP contribution in [0.15, 0.2) is 36.5 Å². The van der Waals surface area contributed by atoms with Crippen molar-refractivity contribution in [3.05, 3.63) is 53.1 Å². The van der Waals surface area contributed by atoms with Gasteiger partial charge in [-0.1, -0.05) is 30.9 Å². The highest BCUT2D eigenvalue weighted by atomic mass is 35.5. The maximum atomic E-state index is 14.1. The fourth-order valence-electron chi connectivity index (χ4n) is 3.02. The Kier molecular flexibility index (Phi) is 5.83. The molecule has 136 valence electrons. The normalized spacial score (nSPS) is 14.7. The Labute approximate surface area is 156 Å². The van der Waals surface area contributed by atoms with Gasteiger partial charge in [0.1, 0.15) is 11.5 Å². The van der Waals surface area contributed by atoms with E-state index in [4.69, 9.17) is 11.6 Å². The molecular formula is C19H19ClFN3O2. The molecule has 3 rings (SSSR count). The lowest BCUT2D eigenvalue weighted by Gasteiger charge is -2.21. The number of amides is 2. The van der Waals surface area contributed by atoms with E-state index in [2.05, 4.69) is 15.6 Å². The maximum absolute atomic E-state index is 14.1. The number of anilines is 2. The SMILES string of the molecule is O=C(Nc1ccc(F)c(NC(=O)C2CCCCC2)c1)c1cc(Cl)ccn1. The molecular weight excluding hydrogens is 357 g/mol. The molecule has 1 aliphatic rings. The molecule has 0 aliphatic heterocycles. The highest BCUT2D eigenvalue weighted by Crippen LogP contribution is 2.26. The maximum Gasteiger partial charge on any atom is 0.274 e. The van der Waals surface area contributed by atoms with Gasteiger partial charge in [0.15, 0.2) is 0 Å². The first-order valence-electron chi connectivity index (χ1n) is 8.56. The monoisotopic (exact) mass is 375 g/mol. The Morgan fingerprint density at radius 3 is 2.58 bits per heavy atom. The summed E-state index contributed by atoms with van der Waals surface area (Å²) in [5, 5.41) is 5.66. The van der Waals surface area contributed by atoms with Crippen LogP contribution < -0.4 is 10.6 Å². The molecule has 5 nitrogen and oxygen atoms in total. The Morgan fingerprint density at radius 2 is 1.85 bits per heavy atom. The largest absolute Gasteiger partial charge is 0.323 e. The summed E-state index contributed by atoms with van der Waals surface area (Å²) in [7, 11) is 0. The third-order valence-electron chi connectivity index (χ3n) is 4.41. The molecule has 2 amide bonds. The number of pyridine rings is 1. The van der Waals surface area contributed by atoms with E-state index in [1.54, 1.807) is 6.07 Å². The molecule has 1 aliphatic carbocycles. The summed E-state index contributed by atoms with van der Waals surface area (Å²) >= 11 is 5.85. The quantitative estimate of drug-likeness (QED) is 0.817. The zero-order valence-electron chi connectivity index (χ0n) is 14.1. The molecule has 0 unspecified atom stereocenters. The van der Waals surface area contributed by atoms with Crippen molar-refractivity contribution in [3.8, 4) is 0 Å². The van der Waals surface area contributed by atoms with E-state index in [1.165, 1.54) is 30.5 Å². The number of hydrogen-bond donors (Lipinski definition) is 2. The Morgan fingerprint density at radius 1 is 1.08 bits per heavy atom. The molecule has 1 heterocycles. The van der Waals surface area contributed by atoms with Gasteiger partial charge in [0, 0.05) is 22.8 Å². The summed E-state index contributed by atoms with van der Waals surface area (Å²) < 4.78 is 14.1. The van der Waals surface area contributed by atoms with Crippen LogP contribution in [0.25, 0.3) is 0 Å². The molecule has 0 atom stereocenters. The molecule has 1 aromatic carbocycles. The minimum absolute atomic E-state index is 0.0532. The minimum Gasteiger partial charge on any atom is -0.323 e. The average Bonchev–Trinajstić information content (AvgIpc) is 2.65. The van der Waals surface area contributed by atoms with E-state index in [0.29, 0.717) is 10.7 Å². The second-order valence-corrected chi connectivity index (χ2v) is 6.77. The molecule has 2 N–H and O–H groups in total. The standard InChI is InChI=1S/C19H19ClFN3O2/c20-13-8-9-22-17(10-13)19(26)23-14-6-7-15(21)16(11-14)24-18(25)12-4-2-1-3-5-12/h6-12H,1-5H2,(H,23,26)(H,24,25). The van der Waals surface area contributed by atoms with Gasteiger partial charge in [0.25, 0.3) is 5.91 Å². The molecule has 2 aromatic rings. The number of halogens is 2. The fraction of sp³-hybridized carbons (Fsp3) is 0.316. The van der Waals surface area contributed by atoms with Crippen molar-refractivity contribution in [2.45, 2.75) is 32.1 Å². The molecule has 0 spiro atoms. The Balaban J connectivity index is 1.70. The summed E-state index contributed by atoms with van der Waals surface area (Å²) in [6, 6.07) is 7.03. The Bertz CT molecular complexity index is 822. The van der Waals surface area contributed by atoms with Crippen LogP contribution in [0.3, 0.4) is 0 Å². The third-order valence-corrected chi connectivity index (χ3v) is 4.65. The molecule has 1 saturated carbocycles. The van der Waals surface area contributed by atoms with Crippen molar-refractivity contribution in [2.75, 3.05) is 10.6 Å². The first kappa shape index (κ1) is 18.3. The lowest BCUT2D eigenvalue weighted by Crippen LogP contribution is -2.25. The second kappa shape index (κ2) is 8.27. The van der Waals surface area contributed by atoms with E-state index in [0.717, 1.165) is 32.1 Å². The first-order valence-corrected chi connectivity index (χ1v) is 8.94. The lowest BCUT2D eigenvalue weighted by molar-refractivity contribution is -0.120. The highest BCUT2D eigenvalue weighted by molar-refractivity contribution is 6.30. The van der Waals surface area contributed by atoms with Crippen molar-refractivity contribution in [1.82, 2.24) is 4.98 Å². The summed E-state index contributed by atoms with van der Waals surface area (Å²) in [6.07, 6.45) is 6.25. The topological polar surface area (TPSA) is 71.1 Å². The summed E-state index contributed by atoms with van der Waals surface area (Å²) in [6.45, 7) is 0. The van der Waals surface area contributed by atoms with E-state index in [9.17, 15) is 14.0 Å². The van der Waals surface area contributed by atoms with Gasteiger partial charge in [-0.15, -0.1) is 0 Å². The Hall–Kier alpha value is -2.47. The van der Waals surface area contributed by atoms with Gasteiger partial charge in [-0.3, -0.25) is 14.6 Å². The van der Waals surface area contributed by atoms with Crippen LogP contribution >= 0.6 is 11.6 Å². The van der Waals surface area contributed by atoms with Gasteiger partial charge in [-0.25, -0.2) is 4.39 Å². The van der Waals surface area contributed by atoms with Crippen molar-refractivity contribution in [2.24, 2.45) is 5.92 Å². The smallest absolute Gasteiger partial charge is 0.274 e. The van der Waals surface area contributed by atoms with Gasteiger partial charge in [0.2, 0.25) is 5.91 Å². The number of carbonyl (C=O) groups excluding carboxylic acids is 2. The molecule has 26 heavy (non-hydrogen) atoms. The third kappa shape index (κ3) is 4.58. The first-order chi connectivity index (χ1) is 12.5. The van der Waals surface area contributed by atoms with Gasteiger partial charge in [-0.2, -0.15) is 0 Å². The number of carbonyl (C=O) groups is 2. The van der Waals surface area contributed by atoms with Crippen molar-refractivity contribution in [3.63, 3.8) is 0 Å². The van der Waals surface area contributed by atoms with Crippen LogP contribution in [0.4, 0.5) is 15.8 Å². The van der Waals surface area contributed by atoms with Crippen LogP contribution in [-0.2, 0) is 4.79 Å². The lowest BCUT2D eigenvalue weighted by atomic mass is 9.88. The van der Waals surface area contributed by atoms with E-state index < -0.39 is 11.7 Å². The van der Waals surface area contributed by atoms with Crippen molar-refractivity contribution < 1.29 is 14.0 Å². The van der Waals surface area contributed by atoms with Gasteiger partial charge in [0.05, 0.1) is 5.69 Å². The predicted octanol–water partition coefficient (Wildman–Crippen LogP) is 4.65. The molecule has 1 aromatic heterocycles. The van der Waals surface area contributed by atoms with Gasteiger partial charge in [-0.05, 0) is 43.2 Å². The van der Waals surface area contributed by atoms with Crippen molar-refractivity contribution >= 4 is 34.8 Å². The van der Waals surface area contributed by atoms with Crippen LogP contribution in [0.1, 0.15) is 42.6 Å². The van der Waals surface area contributed by atoms with Gasteiger partial charge >= 0.3 is 0 Å². The molecule has 0 radical (unpaired) electrons. The zero-order chi connectivity index (χ0) is 18.5. The minimum atomic E-state index is -0.548. The molecule has 7 heteroatoms. The van der Waals surface area contributed by atoms with Crippen molar-refractivity contribution in [1.29, 1.82) is 0 Å². The fourth-order valence-corrected chi connectivity index (χ4v) is 3.18. The number of aromatic nitrogens is 1. The average molecular weight is 376 g/mol. The van der Waals surface area contributed by atoms with Gasteiger partial charge < -0.3 is 10.6 Å². The van der Waals surface area contributed by atoms with E-state index in [1.807, 2.05) is 0 Å². The summed E-state index contributed by atoms with van der Waals surface area (Å²) in [5.41, 5.74) is 0.559. The summed E-state index contributed by atoms with van der Waals surface area (Å²) in [4.78, 5) is 28.5. The van der Waals surface area contributed by atoms with Crippen LogP contribution in [0.5, 0.6) is 0 Å². The molecule has 0 bridgehead atoms. The second-order valence-electron chi connectivity index (χ2n) is 6.33. The van der Waals surface area contributed by atoms with E-state index >= 15 is 0 Å². The van der Waals surface area contributed by atoms with E-state index in [-0.39, 0.29) is 23.2 Å². The van der Waals surface area contributed by atoms with Crippen LogP contribution in [0, 0.1) is 11.7 Å². The number of nitrogens with zero attached hydrogens (tertiary/aromatic N) is 1. The highest BCUT2D eigenvalue weighted by Gasteiger charge is 2.22. The number of benzene rings is 1. The number of nitrogens with one attached hydrogen (secondary N) is 2. The summed E-state index contributed by atoms with van der Waals surface area (Å²) in [5.74, 6) is -1.28. The molecule has 0 saturated heterocycles. The zero-order valence-corrected chi connectivity index (χ0v) is 14.9. The molecule has 1 fully saturated rings. The van der Waals surface area contributed by atoms with Crippen LogP contribution in [0.2, 0.25) is 5.02 Å². The van der Waals surface area contributed by atoms with Crippen LogP contribution in [-0.4, -0.2) is 16.8 Å². The number of rotatable bonds is 4.